The molecule has 4 rings (SSSR count). The molecule has 0 amide bonds. The average Bonchev–Trinajstić information content (AvgIpc) is 3.21. The molecule has 1 N–H and O–H groups in total. The summed E-state index contributed by atoms with van der Waals surface area (Å²) in [5, 5.41) is 8.95. The summed E-state index contributed by atoms with van der Waals surface area (Å²) in [4.78, 5) is 11.0. The van der Waals surface area contributed by atoms with Crippen molar-refractivity contribution in [2.24, 2.45) is 0 Å². The number of sulfonamides is 1. The van der Waals surface area contributed by atoms with Crippen molar-refractivity contribution >= 4 is 16.0 Å². The maximum absolute atomic E-state index is 12.9. The summed E-state index contributed by atoms with van der Waals surface area (Å²) >= 11 is 0. The molecule has 1 fully saturated rings. The molecule has 7 heteroatoms. The molecule has 2 heterocycles. The van der Waals surface area contributed by atoms with E-state index in [0.717, 1.165) is 11.1 Å². The fraction of sp³-hybridized carbons (Fsp3) is 0.278. The molecule has 1 unspecified atom stereocenters. The molecule has 1 spiro atoms. The third-order valence-electron chi connectivity index (χ3n) is 4.95. The Balaban J connectivity index is 1.62. The summed E-state index contributed by atoms with van der Waals surface area (Å²) < 4.78 is 33.2. The Bertz CT molecular complexity index is 938. The quantitative estimate of drug-likeness (QED) is 0.908. The van der Waals surface area contributed by atoms with Gasteiger partial charge in [0.15, 0.2) is 0 Å². The molecule has 1 atom stereocenters. The number of aromatic carboxylic acids is 1. The van der Waals surface area contributed by atoms with Crippen LogP contribution in [0.4, 0.5) is 0 Å². The molecule has 0 aromatic heterocycles. The molecule has 2 aliphatic heterocycles. The van der Waals surface area contributed by atoms with E-state index in [0.29, 0.717) is 19.6 Å². The zero-order valence-corrected chi connectivity index (χ0v) is 14.2. The van der Waals surface area contributed by atoms with Crippen LogP contribution in [0, 0.1) is 0 Å². The SMILES string of the molecule is O=C(O)c1ccc(S(=O)(=O)N2CCC3(C2)OCc2ccccc23)cc1. The number of fused-ring (bicyclic) bond motifs is 2. The summed E-state index contributed by atoms with van der Waals surface area (Å²) in [6.45, 7) is 1.14. The predicted octanol–water partition coefficient (Wildman–Crippen LogP) is 2.20. The minimum absolute atomic E-state index is 0.0601. The van der Waals surface area contributed by atoms with Gasteiger partial charge < -0.3 is 9.84 Å². The second-order valence-electron chi connectivity index (χ2n) is 6.36. The van der Waals surface area contributed by atoms with Crippen LogP contribution < -0.4 is 0 Å². The minimum Gasteiger partial charge on any atom is -0.478 e. The van der Waals surface area contributed by atoms with E-state index in [1.54, 1.807) is 0 Å². The predicted molar refractivity (Wildman–Crippen MR) is 89.7 cm³/mol. The lowest BCUT2D eigenvalue weighted by Crippen LogP contribution is -2.34. The summed E-state index contributed by atoms with van der Waals surface area (Å²) in [6, 6.07) is 13.2. The van der Waals surface area contributed by atoms with Crippen molar-refractivity contribution in [1.82, 2.24) is 4.31 Å². The number of benzene rings is 2. The van der Waals surface area contributed by atoms with Crippen LogP contribution in [0.25, 0.3) is 0 Å². The second-order valence-corrected chi connectivity index (χ2v) is 8.30. The highest BCUT2D eigenvalue weighted by Gasteiger charge is 2.48. The van der Waals surface area contributed by atoms with E-state index in [9.17, 15) is 13.2 Å². The number of carboxylic acids is 1. The Labute approximate surface area is 145 Å². The van der Waals surface area contributed by atoms with Gasteiger partial charge in [-0.3, -0.25) is 0 Å². The summed E-state index contributed by atoms with van der Waals surface area (Å²) in [6.07, 6.45) is 0.608. The van der Waals surface area contributed by atoms with E-state index in [4.69, 9.17) is 9.84 Å². The molecule has 1 saturated heterocycles. The van der Waals surface area contributed by atoms with Crippen LogP contribution in [-0.2, 0) is 27.0 Å². The first-order chi connectivity index (χ1) is 11.9. The van der Waals surface area contributed by atoms with Crippen LogP contribution in [0.3, 0.4) is 0 Å². The average molecular weight is 359 g/mol. The smallest absolute Gasteiger partial charge is 0.335 e. The number of hydrogen-bond donors (Lipinski definition) is 1. The summed E-state index contributed by atoms with van der Waals surface area (Å²) in [5.74, 6) is -1.08. The van der Waals surface area contributed by atoms with Gasteiger partial charge in [-0.05, 0) is 41.8 Å². The number of ether oxygens (including phenoxy) is 1. The van der Waals surface area contributed by atoms with Gasteiger partial charge >= 0.3 is 5.97 Å². The van der Waals surface area contributed by atoms with E-state index in [-0.39, 0.29) is 17.0 Å². The molecule has 0 radical (unpaired) electrons. The first-order valence-electron chi connectivity index (χ1n) is 7.98. The van der Waals surface area contributed by atoms with Crippen LogP contribution >= 0.6 is 0 Å². The van der Waals surface area contributed by atoms with Crippen molar-refractivity contribution in [3.05, 3.63) is 65.2 Å². The Morgan fingerprint density at radius 3 is 2.56 bits per heavy atom. The van der Waals surface area contributed by atoms with E-state index in [2.05, 4.69) is 0 Å². The third kappa shape index (κ3) is 2.55. The third-order valence-corrected chi connectivity index (χ3v) is 6.81. The number of rotatable bonds is 3. The van der Waals surface area contributed by atoms with Crippen molar-refractivity contribution < 1.29 is 23.1 Å². The standard InChI is InChI=1S/C18H17NO5S/c20-17(21)13-5-7-15(8-6-13)25(22,23)19-10-9-18(12-19)16-4-2-1-3-14(16)11-24-18/h1-8H,9-12H2,(H,20,21). The largest absolute Gasteiger partial charge is 0.478 e. The van der Waals surface area contributed by atoms with Crippen molar-refractivity contribution in [2.75, 3.05) is 13.1 Å². The number of carboxylic acid groups (broad SMARTS) is 1. The zero-order valence-electron chi connectivity index (χ0n) is 13.4. The van der Waals surface area contributed by atoms with Gasteiger partial charge in [0.2, 0.25) is 10.0 Å². The van der Waals surface area contributed by atoms with Crippen LogP contribution in [0.15, 0.2) is 53.4 Å². The van der Waals surface area contributed by atoms with E-state index in [1.165, 1.54) is 28.6 Å². The molecular formula is C18H17NO5S. The van der Waals surface area contributed by atoms with Crippen molar-refractivity contribution in [1.29, 1.82) is 0 Å². The maximum atomic E-state index is 12.9. The van der Waals surface area contributed by atoms with Crippen molar-refractivity contribution in [2.45, 2.75) is 23.5 Å². The highest BCUT2D eigenvalue weighted by atomic mass is 32.2. The second kappa shape index (κ2) is 5.66. The Morgan fingerprint density at radius 1 is 1.12 bits per heavy atom. The number of carbonyl (C=O) groups is 1. The molecule has 6 nitrogen and oxygen atoms in total. The van der Waals surface area contributed by atoms with Crippen LogP contribution in [0.2, 0.25) is 0 Å². The normalized spacial score (nSPS) is 23.0. The van der Waals surface area contributed by atoms with Crippen LogP contribution in [0.1, 0.15) is 27.9 Å². The molecule has 0 aliphatic carbocycles. The van der Waals surface area contributed by atoms with Gasteiger partial charge in [0.1, 0.15) is 5.60 Å². The summed E-state index contributed by atoms with van der Waals surface area (Å²) in [5.41, 5.74) is 1.65. The van der Waals surface area contributed by atoms with Gasteiger partial charge in [-0.25, -0.2) is 13.2 Å². The first kappa shape index (κ1) is 16.3. The van der Waals surface area contributed by atoms with Gasteiger partial charge in [0, 0.05) is 13.1 Å². The van der Waals surface area contributed by atoms with Gasteiger partial charge in [0.25, 0.3) is 0 Å². The van der Waals surface area contributed by atoms with E-state index < -0.39 is 21.6 Å². The van der Waals surface area contributed by atoms with Crippen LogP contribution in [0.5, 0.6) is 0 Å². The lowest BCUT2D eigenvalue weighted by atomic mass is 9.92. The Kier molecular flexibility index (Phi) is 3.68. The molecule has 2 aromatic rings. The van der Waals surface area contributed by atoms with Gasteiger partial charge in [-0.15, -0.1) is 0 Å². The van der Waals surface area contributed by atoms with Crippen molar-refractivity contribution in [3.8, 4) is 0 Å². The fourth-order valence-electron chi connectivity index (χ4n) is 3.59. The molecule has 130 valence electrons. The minimum atomic E-state index is -3.69. The van der Waals surface area contributed by atoms with E-state index >= 15 is 0 Å². The monoisotopic (exact) mass is 359 g/mol. The summed E-state index contributed by atoms with van der Waals surface area (Å²) in [7, 11) is -3.69. The molecular weight excluding hydrogens is 342 g/mol. The Hall–Kier alpha value is -2.22. The molecule has 0 bridgehead atoms. The maximum Gasteiger partial charge on any atom is 0.335 e. The lowest BCUT2D eigenvalue weighted by molar-refractivity contribution is -0.0255. The molecule has 25 heavy (non-hydrogen) atoms. The van der Waals surface area contributed by atoms with Gasteiger partial charge in [0.05, 0.1) is 17.1 Å². The molecule has 0 saturated carbocycles. The van der Waals surface area contributed by atoms with Gasteiger partial charge in [-0.1, -0.05) is 24.3 Å². The van der Waals surface area contributed by atoms with E-state index in [1.807, 2.05) is 24.3 Å². The zero-order chi connectivity index (χ0) is 17.7. The first-order valence-corrected chi connectivity index (χ1v) is 9.42. The topological polar surface area (TPSA) is 83.9 Å². The molecule has 2 aromatic carbocycles. The Morgan fingerprint density at radius 2 is 1.84 bits per heavy atom. The lowest BCUT2D eigenvalue weighted by Gasteiger charge is -2.24. The fourth-order valence-corrected chi connectivity index (χ4v) is 5.08. The number of nitrogens with zero attached hydrogens (tertiary/aromatic N) is 1. The highest BCUT2D eigenvalue weighted by Crippen LogP contribution is 2.44. The molecule has 2 aliphatic rings. The van der Waals surface area contributed by atoms with Crippen molar-refractivity contribution in [3.63, 3.8) is 0 Å². The van der Waals surface area contributed by atoms with Gasteiger partial charge in [-0.2, -0.15) is 4.31 Å². The highest BCUT2D eigenvalue weighted by molar-refractivity contribution is 7.89. The van der Waals surface area contributed by atoms with Crippen LogP contribution in [-0.4, -0.2) is 36.9 Å². The number of hydrogen-bond acceptors (Lipinski definition) is 4.